The highest BCUT2D eigenvalue weighted by atomic mass is 32.2. The molecule has 4 amide bonds. The van der Waals surface area contributed by atoms with Crippen LogP contribution in [0.1, 0.15) is 126 Å². The summed E-state index contributed by atoms with van der Waals surface area (Å²) < 4.78 is 42.1. The third-order valence-electron chi connectivity index (χ3n) is 8.73. The molecule has 1 atom stereocenters. The quantitative estimate of drug-likeness (QED) is 0.136. The van der Waals surface area contributed by atoms with Crippen LogP contribution < -0.4 is 14.7 Å². The van der Waals surface area contributed by atoms with E-state index in [4.69, 9.17) is 23.7 Å². The summed E-state index contributed by atoms with van der Waals surface area (Å²) >= 11 is -0.704. The highest BCUT2D eigenvalue weighted by Crippen LogP contribution is 2.55. The molecule has 21 heteroatoms. The molecule has 1 unspecified atom stereocenters. The summed E-state index contributed by atoms with van der Waals surface area (Å²) in [6.07, 6.45) is -3.00. The van der Waals surface area contributed by atoms with Crippen LogP contribution in [-0.4, -0.2) is 102 Å². The molecule has 3 aromatic heterocycles. The van der Waals surface area contributed by atoms with Gasteiger partial charge in [0.05, 0.1) is 5.56 Å². The molecule has 19 nitrogen and oxygen atoms in total. The number of aryl methyl sites for hydroxylation is 1. The van der Waals surface area contributed by atoms with Crippen LogP contribution >= 0.6 is 11.3 Å². The van der Waals surface area contributed by atoms with Crippen molar-refractivity contribution in [1.29, 1.82) is 5.26 Å². The van der Waals surface area contributed by atoms with Crippen molar-refractivity contribution in [2.75, 3.05) is 34.0 Å². The van der Waals surface area contributed by atoms with Gasteiger partial charge in [0.25, 0.3) is 0 Å². The molecule has 0 bridgehead atoms. The largest absolute Gasteiger partial charge is 0.609 e. The number of thiophene rings is 1. The van der Waals surface area contributed by atoms with Gasteiger partial charge in [0.2, 0.25) is 0 Å². The van der Waals surface area contributed by atoms with E-state index in [0.717, 1.165) is 25.8 Å². The first-order chi connectivity index (χ1) is 28.1. The average Bonchev–Trinajstić information content (AvgIpc) is 3.70. The summed E-state index contributed by atoms with van der Waals surface area (Å²) in [7, 11) is 0. The third-order valence-corrected chi connectivity index (χ3v) is 10.7. The Bertz CT molecular complexity index is 2290. The molecular weight excluding hydrogens is 845 g/mol. The standard InChI is InChI=1S/C41H56N8O11S2/c1-36(2,3)56-31(50)47(32(51)57-37(4,5)6)28-24-26(43-30(62(16)55)44-27(24)49(45-28)35(54)60-40(13,14)15)46-20-41(21-46)18-17-23-25(41)22(19-42)29(61-23)48(33(52)58-38(7,8)9)34(53)59-39(10,11)12/h17-18,20-21H2,1-16H3. The van der Waals surface area contributed by atoms with Crippen molar-refractivity contribution in [2.24, 2.45) is 0 Å². The van der Waals surface area contributed by atoms with Gasteiger partial charge in [-0.05, 0) is 122 Å². The number of imide groups is 2. The van der Waals surface area contributed by atoms with Crippen LogP contribution in [0.5, 0.6) is 0 Å². The number of rotatable bonds is 4. The van der Waals surface area contributed by atoms with Crippen LogP contribution in [0.15, 0.2) is 5.16 Å². The van der Waals surface area contributed by atoms with Crippen LogP contribution in [0.3, 0.4) is 0 Å². The fourth-order valence-corrected chi connectivity index (χ4v) is 8.50. The van der Waals surface area contributed by atoms with E-state index >= 15 is 0 Å². The van der Waals surface area contributed by atoms with Crippen LogP contribution in [-0.2, 0) is 46.7 Å². The van der Waals surface area contributed by atoms with E-state index in [0.29, 0.717) is 23.3 Å². The lowest BCUT2D eigenvalue weighted by molar-refractivity contribution is 0.0407. The third kappa shape index (κ3) is 10.3. The molecule has 0 aromatic carbocycles. The Labute approximate surface area is 368 Å². The van der Waals surface area contributed by atoms with Crippen molar-refractivity contribution < 1.29 is 52.2 Å². The number of carbonyl (C=O) groups is 5. The molecule has 338 valence electrons. The van der Waals surface area contributed by atoms with Crippen LogP contribution in [0.2, 0.25) is 0 Å². The highest BCUT2D eigenvalue weighted by Gasteiger charge is 2.54. The van der Waals surface area contributed by atoms with Gasteiger partial charge in [0.15, 0.2) is 17.3 Å². The number of nitrogens with zero attached hydrogens (tertiary/aromatic N) is 8. The van der Waals surface area contributed by atoms with E-state index in [9.17, 15) is 33.8 Å². The Morgan fingerprint density at radius 3 is 1.61 bits per heavy atom. The Morgan fingerprint density at radius 1 is 0.742 bits per heavy atom. The molecule has 3 aromatic rings. The summed E-state index contributed by atoms with van der Waals surface area (Å²) in [6.45, 7) is 24.8. The number of carbonyl (C=O) groups excluding carboxylic acids is 5. The first-order valence-corrected chi connectivity index (χ1v) is 22.2. The zero-order valence-electron chi connectivity index (χ0n) is 38.2. The predicted octanol–water partition coefficient (Wildman–Crippen LogP) is 8.34. The maximum Gasteiger partial charge on any atom is 0.437 e. The van der Waals surface area contributed by atoms with E-state index in [1.807, 2.05) is 0 Å². The predicted molar refractivity (Wildman–Crippen MR) is 230 cm³/mol. The van der Waals surface area contributed by atoms with E-state index in [1.165, 1.54) is 6.26 Å². The van der Waals surface area contributed by atoms with Crippen molar-refractivity contribution in [2.45, 2.75) is 155 Å². The number of nitriles is 1. The number of aromatic nitrogens is 4. The molecule has 1 saturated heterocycles. The van der Waals surface area contributed by atoms with Gasteiger partial charge in [0, 0.05) is 34.6 Å². The number of hydrogen-bond acceptors (Lipinski definition) is 17. The molecule has 62 heavy (non-hydrogen) atoms. The maximum absolute atomic E-state index is 14.0. The van der Waals surface area contributed by atoms with E-state index in [1.54, 1.807) is 109 Å². The number of hydrogen-bond donors (Lipinski definition) is 0. The fourth-order valence-electron chi connectivity index (χ4n) is 6.72. The summed E-state index contributed by atoms with van der Waals surface area (Å²) in [4.78, 5) is 82.2. The van der Waals surface area contributed by atoms with E-state index < -0.39 is 80.9 Å². The van der Waals surface area contributed by atoms with Crippen LogP contribution in [0.25, 0.3) is 11.0 Å². The molecule has 1 aliphatic heterocycles. The van der Waals surface area contributed by atoms with Gasteiger partial charge >= 0.3 is 35.6 Å². The fraction of sp³-hybridized carbons (Fsp3) is 0.634. The molecular formula is C41H56N8O11S2. The van der Waals surface area contributed by atoms with Crippen molar-refractivity contribution >= 4 is 80.6 Å². The molecule has 1 fully saturated rings. The van der Waals surface area contributed by atoms with Gasteiger partial charge in [-0.3, -0.25) is 0 Å². The average molecular weight is 901 g/mol. The maximum atomic E-state index is 14.0. The Hall–Kier alpha value is -5.20. The number of fused-ring (bicyclic) bond motifs is 3. The van der Waals surface area contributed by atoms with E-state index in [2.05, 4.69) is 21.1 Å². The van der Waals surface area contributed by atoms with Gasteiger partial charge in [0.1, 0.15) is 50.7 Å². The van der Waals surface area contributed by atoms with Crippen LogP contribution in [0, 0.1) is 11.3 Å². The van der Waals surface area contributed by atoms with Gasteiger partial charge in [-0.2, -0.15) is 25.0 Å². The highest BCUT2D eigenvalue weighted by molar-refractivity contribution is 7.90. The zero-order chi connectivity index (χ0) is 46.9. The minimum absolute atomic E-state index is 0.0536. The number of ether oxygens (including phenoxy) is 5. The minimum atomic E-state index is -1.83. The molecule has 0 N–H and O–H groups in total. The first kappa shape index (κ1) is 47.8. The SMILES string of the molecule is C[S+]([O-])c1nc(N2CC3(CCc4sc(N(C(=O)OC(C)(C)C)C(=O)OC(C)(C)C)c(C#N)c43)C2)c2c(N(C(=O)OC(C)(C)C)C(=O)OC(C)(C)C)nn(C(=O)OC(C)(C)C)c2n1. The smallest absolute Gasteiger partial charge is 0.437 e. The topological polar surface area (TPSA) is 232 Å². The lowest BCUT2D eigenvalue weighted by Crippen LogP contribution is -2.59. The van der Waals surface area contributed by atoms with Gasteiger partial charge in [-0.1, -0.05) is 0 Å². The summed E-state index contributed by atoms with van der Waals surface area (Å²) in [5, 5.41) is 15.0. The monoisotopic (exact) mass is 900 g/mol. The van der Waals surface area contributed by atoms with Gasteiger partial charge in [-0.15, -0.1) is 21.1 Å². The summed E-state index contributed by atoms with van der Waals surface area (Å²) in [6, 6.07) is 2.24. The van der Waals surface area contributed by atoms with Gasteiger partial charge in [-0.25, -0.2) is 24.0 Å². The second-order valence-electron chi connectivity index (χ2n) is 20.1. The second-order valence-corrected chi connectivity index (χ2v) is 22.5. The molecule has 5 rings (SSSR count). The number of amides is 4. The molecule has 0 saturated carbocycles. The molecule has 4 heterocycles. The summed E-state index contributed by atoms with van der Waals surface area (Å²) in [5.74, 6) is -0.369. The summed E-state index contributed by atoms with van der Waals surface area (Å²) in [5.41, 5.74) is -5.42. The molecule has 1 aliphatic carbocycles. The first-order valence-electron chi connectivity index (χ1n) is 19.8. The van der Waals surface area contributed by atoms with Crippen molar-refractivity contribution in [3.63, 3.8) is 0 Å². The van der Waals surface area contributed by atoms with Crippen molar-refractivity contribution in [3.8, 4) is 6.07 Å². The number of anilines is 3. The Kier molecular flexibility index (Phi) is 12.5. The Morgan fingerprint density at radius 2 is 1.19 bits per heavy atom. The molecule has 2 aliphatic rings. The van der Waals surface area contributed by atoms with E-state index in [-0.39, 0.29) is 45.7 Å². The molecule has 0 radical (unpaired) electrons. The lowest BCUT2D eigenvalue weighted by Gasteiger charge is -2.49. The second kappa shape index (κ2) is 16.2. The zero-order valence-corrected chi connectivity index (χ0v) is 39.8. The lowest BCUT2D eigenvalue weighted by atomic mass is 9.74. The molecule has 1 spiro atoms. The minimum Gasteiger partial charge on any atom is -0.609 e. The normalized spacial score (nSPS) is 15.6. The Balaban J connectivity index is 1.71. The van der Waals surface area contributed by atoms with Gasteiger partial charge < -0.3 is 33.1 Å². The van der Waals surface area contributed by atoms with Crippen molar-refractivity contribution in [1.82, 2.24) is 19.7 Å². The van der Waals surface area contributed by atoms with Crippen molar-refractivity contribution in [3.05, 3.63) is 16.0 Å². The van der Waals surface area contributed by atoms with Crippen LogP contribution in [0.4, 0.5) is 40.6 Å².